The molecule has 1 aromatic heterocycles. The summed E-state index contributed by atoms with van der Waals surface area (Å²) in [6.07, 6.45) is 3.52. The zero-order valence-corrected chi connectivity index (χ0v) is 13.3. The molecule has 1 N–H and O–H groups in total. The number of hydrogen-bond acceptors (Lipinski definition) is 5. The number of nitrogens with one attached hydrogen (secondary N) is 1. The van der Waals surface area contributed by atoms with E-state index in [0.29, 0.717) is 12.2 Å². The lowest BCUT2D eigenvalue weighted by molar-refractivity contribution is 0.0920. The fourth-order valence-corrected chi connectivity index (χ4v) is 2.63. The van der Waals surface area contributed by atoms with Crippen LogP contribution in [0.2, 0.25) is 0 Å². The first-order valence-electron chi connectivity index (χ1n) is 7.81. The summed E-state index contributed by atoms with van der Waals surface area (Å²) >= 11 is 0. The molecule has 23 heavy (non-hydrogen) atoms. The second-order valence-corrected chi connectivity index (χ2v) is 5.69. The van der Waals surface area contributed by atoms with Crippen molar-refractivity contribution < 1.29 is 4.79 Å². The first-order chi connectivity index (χ1) is 11.2. The van der Waals surface area contributed by atoms with Crippen LogP contribution in [0.1, 0.15) is 15.9 Å². The molecular formula is C17H21N5O. The van der Waals surface area contributed by atoms with Crippen LogP contribution in [0.25, 0.3) is 0 Å². The molecule has 0 bridgehead atoms. The quantitative estimate of drug-likeness (QED) is 0.922. The van der Waals surface area contributed by atoms with Crippen molar-refractivity contribution in [2.45, 2.75) is 6.92 Å². The van der Waals surface area contributed by atoms with Gasteiger partial charge in [0.15, 0.2) is 0 Å². The van der Waals surface area contributed by atoms with E-state index in [0.717, 1.165) is 37.7 Å². The highest BCUT2D eigenvalue weighted by Crippen LogP contribution is 2.09. The summed E-state index contributed by atoms with van der Waals surface area (Å²) in [5.74, 6) is 0.749. The minimum absolute atomic E-state index is 0.0254. The van der Waals surface area contributed by atoms with E-state index in [4.69, 9.17) is 0 Å². The van der Waals surface area contributed by atoms with Crippen molar-refractivity contribution in [1.82, 2.24) is 20.2 Å². The Hall–Kier alpha value is -2.47. The van der Waals surface area contributed by atoms with E-state index in [1.165, 1.54) is 0 Å². The van der Waals surface area contributed by atoms with E-state index in [-0.39, 0.29) is 5.91 Å². The Morgan fingerprint density at radius 1 is 1.13 bits per heavy atom. The van der Waals surface area contributed by atoms with Crippen LogP contribution in [0.15, 0.2) is 42.7 Å². The third-order valence-corrected chi connectivity index (χ3v) is 3.95. The number of carbonyl (C=O) groups excluding carboxylic acids is 1. The molecule has 0 unspecified atom stereocenters. The zero-order chi connectivity index (χ0) is 16.1. The predicted octanol–water partition coefficient (Wildman–Crippen LogP) is 1.29. The Balaban J connectivity index is 1.47. The van der Waals surface area contributed by atoms with Crippen molar-refractivity contribution in [1.29, 1.82) is 0 Å². The van der Waals surface area contributed by atoms with Crippen LogP contribution in [-0.4, -0.2) is 53.6 Å². The molecule has 0 spiro atoms. The predicted molar refractivity (Wildman–Crippen MR) is 89.3 cm³/mol. The summed E-state index contributed by atoms with van der Waals surface area (Å²) in [4.78, 5) is 25.1. The summed E-state index contributed by atoms with van der Waals surface area (Å²) in [5.41, 5.74) is 1.80. The maximum atomic E-state index is 12.2. The monoisotopic (exact) mass is 311 g/mol. The van der Waals surface area contributed by atoms with Gasteiger partial charge in [0, 0.05) is 44.1 Å². The van der Waals surface area contributed by atoms with Gasteiger partial charge in [0.05, 0.1) is 6.67 Å². The summed E-state index contributed by atoms with van der Waals surface area (Å²) in [7, 11) is 0. The smallest absolute Gasteiger partial charge is 0.252 e. The van der Waals surface area contributed by atoms with Gasteiger partial charge in [0.1, 0.15) is 0 Å². The fourth-order valence-electron chi connectivity index (χ4n) is 2.63. The number of carbonyl (C=O) groups is 1. The molecule has 0 aliphatic carbocycles. The molecule has 1 aliphatic heterocycles. The molecule has 1 amide bonds. The summed E-state index contributed by atoms with van der Waals surface area (Å²) in [6.45, 7) is 6.05. The Morgan fingerprint density at radius 3 is 2.57 bits per heavy atom. The zero-order valence-electron chi connectivity index (χ0n) is 13.3. The molecule has 0 atom stereocenters. The number of nitrogens with zero attached hydrogens (tertiary/aromatic N) is 4. The number of hydrogen-bond donors (Lipinski definition) is 1. The number of benzene rings is 1. The highest BCUT2D eigenvalue weighted by atomic mass is 16.1. The summed E-state index contributed by atoms with van der Waals surface area (Å²) in [5, 5.41) is 2.99. The molecule has 1 aromatic carbocycles. The van der Waals surface area contributed by atoms with Gasteiger partial charge in [-0.3, -0.25) is 9.69 Å². The molecule has 1 aliphatic rings. The number of amides is 1. The van der Waals surface area contributed by atoms with Gasteiger partial charge in [-0.15, -0.1) is 0 Å². The van der Waals surface area contributed by atoms with Crippen LogP contribution in [0, 0.1) is 6.92 Å². The topological polar surface area (TPSA) is 61.4 Å². The van der Waals surface area contributed by atoms with Gasteiger partial charge >= 0.3 is 0 Å². The molecule has 120 valence electrons. The largest absolute Gasteiger partial charge is 0.339 e. The van der Waals surface area contributed by atoms with Crippen molar-refractivity contribution in [3.63, 3.8) is 0 Å². The summed E-state index contributed by atoms with van der Waals surface area (Å²) < 4.78 is 0. The molecule has 2 heterocycles. The molecule has 6 nitrogen and oxygen atoms in total. The van der Waals surface area contributed by atoms with Crippen molar-refractivity contribution >= 4 is 11.9 Å². The van der Waals surface area contributed by atoms with Crippen molar-refractivity contribution in [3.8, 4) is 0 Å². The van der Waals surface area contributed by atoms with Crippen LogP contribution in [0.3, 0.4) is 0 Å². The number of anilines is 1. The van der Waals surface area contributed by atoms with Gasteiger partial charge in [0.25, 0.3) is 5.91 Å². The van der Waals surface area contributed by atoms with Crippen LogP contribution in [0.5, 0.6) is 0 Å². The SMILES string of the molecule is Cc1cccc(C(=O)NCN2CCN(c3ncccn3)CC2)c1. The molecule has 2 aromatic rings. The van der Waals surface area contributed by atoms with Crippen LogP contribution < -0.4 is 10.2 Å². The van der Waals surface area contributed by atoms with Crippen LogP contribution >= 0.6 is 0 Å². The van der Waals surface area contributed by atoms with E-state index in [2.05, 4.69) is 25.1 Å². The van der Waals surface area contributed by atoms with Crippen LogP contribution in [0.4, 0.5) is 5.95 Å². The molecule has 3 rings (SSSR count). The maximum Gasteiger partial charge on any atom is 0.252 e. The van der Waals surface area contributed by atoms with Gasteiger partial charge in [-0.2, -0.15) is 0 Å². The summed E-state index contributed by atoms with van der Waals surface area (Å²) in [6, 6.07) is 9.46. The lowest BCUT2D eigenvalue weighted by atomic mass is 10.1. The van der Waals surface area contributed by atoms with E-state index in [1.807, 2.05) is 37.3 Å². The second kappa shape index (κ2) is 7.19. The van der Waals surface area contributed by atoms with Gasteiger partial charge in [0.2, 0.25) is 5.95 Å². The number of rotatable bonds is 4. The molecular weight excluding hydrogens is 290 g/mol. The van der Waals surface area contributed by atoms with Gasteiger partial charge in [-0.25, -0.2) is 9.97 Å². The first kappa shape index (κ1) is 15.4. The molecule has 0 radical (unpaired) electrons. The van der Waals surface area contributed by atoms with Crippen molar-refractivity contribution in [2.75, 3.05) is 37.7 Å². The second-order valence-electron chi connectivity index (χ2n) is 5.69. The van der Waals surface area contributed by atoms with Gasteiger partial charge in [-0.05, 0) is 25.1 Å². The fraction of sp³-hybridized carbons (Fsp3) is 0.353. The highest BCUT2D eigenvalue weighted by Gasteiger charge is 2.19. The van der Waals surface area contributed by atoms with Crippen LogP contribution in [-0.2, 0) is 0 Å². The lowest BCUT2D eigenvalue weighted by Gasteiger charge is -2.34. The maximum absolute atomic E-state index is 12.2. The Bertz CT molecular complexity index is 653. The average molecular weight is 311 g/mol. The van der Waals surface area contributed by atoms with Crippen molar-refractivity contribution in [3.05, 3.63) is 53.9 Å². The Kier molecular flexibility index (Phi) is 4.83. The number of aryl methyl sites for hydroxylation is 1. The molecule has 1 saturated heterocycles. The third-order valence-electron chi connectivity index (χ3n) is 3.95. The van der Waals surface area contributed by atoms with E-state index >= 15 is 0 Å². The van der Waals surface area contributed by atoms with Gasteiger partial charge < -0.3 is 10.2 Å². The number of piperazine rings is 1. The highest BCUT2D eigenvalue weighted by molar-refractivity contribution is 5.94. The normalized spacial score (nSPS) is 15.4. The standard InChI is InChI=1S/C17H21N5O/c1-14-4-2-5-15(12-14)16(23)20-13-21-8-10-22(11-9-21)17-18-6-3-7-19-17/h2-7,12H,8-11,13H2,1H3,(H,20,23). The molecule has 6 heteroatoms. The van der Waals surface area contributed by atoms with E-state index in [1.54, 1.807) is 12.4 Å². The average Bonchev–Trinajstić information content (AvgIpc) is 2.61. The van der Waals surface area contributed by atoms with Gasteiger partial charge in [-0.1, -0.05) is 17.7 Å². The third kappa shape index (κ3) is 4.04. The Morgan fingerprint density at radius 2 is 1.87 bits per heavy atom. The molecule has 1 fully saturated rings. The minimum Gasteiger partial charge on any atom is -0.339 e. The molecule has 0 saturated carbocycles. The lowest BCUT2D eigenvalue weighted by Crippen LogP contribution is -2.50. The Labute approximate surface area is 136 Å². The van der Waals surface area contributed by atoms with Crippen molar-refractivity contribution in [2.24, 2.45) is 0 Å². The minimum atomic E-state index is -0.0254. The number of aromatic nitrogens is 2. The van der Waals surface area contributed by atoms with E-state index < -0.39 is 0 Å². The first-order valence-corrected chi connectivity index (χ1v) is 7.81. The van der Waals surface area contributed by atoms with E-state index in [9.17, 15) is 4.79 Å².